The number of aromatic nitrogens is 2. The fourth-order valence-electron chi connectivity index (χ4n) is 3.27. The van der Waals surface area contributed by atoms with E-state index >= 15 is 0 Å². The molecule has 1 amide bonds. The molecule has 1 aliphatic rings. The molecule has 0 spiro atoms. The molecule has 0 unspecified atom stereocenters. The van der Waals surface area contributed by atoms with Crippen molar-refractivity contribution in [3.63, 3.8) is 0 Å². The molecule has 1 aliphatic heterocycles. The van der Waals surface area contributed by atoms with Crippen LogP contribution in [-0.2, 0) is 0 Å². The Morgan fingerprint density at radius 2 is 1.78 bits per heavy atom. The number of carbonyl (C=O) groups is 1. The summed E-state index contributed by atoms with van der Waals surface area (Å²) in [6.07, 6.45) is 0. The second kappa shape index (κ2) is 7.32. The number of benzene rings is 2. The van der Waals surface area contributed by atoms with Gasteiger partial charge in [-0.25, -0.2) is 0 Å². The molecule has 3 aromatic rings. The predicted octanol–water partition coefficient (Wildman–Crippen LogP) is 1.68. The topological polar surface area (TPSA) is 63.7 Å². The Morgan fingerprint density at radius 1 is 1.07 bits per heavy atom. The number of hydrogen-bond donors (Lipinski definition) is 1. The summed E-state index contributed by atoms with van der Waals surface area (Å²) < 4.78 is 5.49. The lowest BCUT2D eigenvalue weighted by Crippen LogP contribution is -3.12. The average molecular weight is 363 g/mol. The maximum atomic E-state index is 13.0. The Bertz CT molecular complexity index is 941. The summed E-state index contributed by atoms with van der Waals surface area (Å²) in [6, 6.07) is 15.4. The quantitative estimate of drug-likeness (QED) is 0.769. The predicted molar refractivity (Wildman–Crippen MR) is 102 cm³/mol. The van der Waals surface area contributed by atoms with Crippen molar-refractivity contribution in [3.05, 3.63) is 59.7 Å². The zero-order valence-electron chi connectivity index (χ0n) is 15.6. The number of hydrogen-bond acceptors (Lipinski definition) is 4. The molecule has 0 bridgehead atoms. The van der Waals surface area contributed by atoms with Gasteiger partial charge in [-0.05, 0) is 19.1 Å². The molecule has 27 heavy (non-hydrogen) atoms. The number of nitrogens with one attached hydrogen (secondary N) is 1. The van der Waals surface area contributed by atoms with Crippen molar-refractivity contribution in [1.29, 1.82) is 0 Å². The first kappa shape index (κ1) is 17.4. The highest BCUT2D eigenvalue weighted by atomic mass is 16.5. The van der Waals surface area contributed by atoms with E-state index in [9.17, 15) is 4.79 Å². The van der Waals surface area contributed by atoms with E-state index in [1.165, 1.54) is 10.5 Å². The largest absolute Gasteiger partial charge is 0.334 e. The van der Waals surface area contributed by atoms with Crippen LogP contribution in [0.5, 0.6) is 0 Å². The van der Waals surface area contributed by atoms with Crippen LogP contribution in [0, 0.1) is 6.92 Å². The molecule has 1 fully saturated rings. The maximum Gasteiger partial charge on any atom is 0.259 e. The zero-order valence-corrected chi connectivity index (χ0v) is 15.6. The van der Waals surface area contributed by atoms with Crippen LogP contribution in [-0.4, -0.2) is 54.2 Å². The molecule has 0 aliphatic carbocycles. The lowest BCUT2D eigenvalue weighted by atomic mass is 10.1. The van der Waals surface area contributed by atoms with Crippen LogP contribution in [0.4, 0.5) is 0 Å². The van der Waals surface area contributed by atoms with E-state index in [1.807, 2.05) is 60.4 Å². The highest BCUT2D eigenvalue weighted by Gasteiger charge is 2.26. The summed E-state index contributed by atoms with van der Waals surface area (Å²) >= 11 is 0. The van der Waals surface area contributed by atoms with Crippen molar-refractivity contribution in [2.24, 2.45) is 0 Å². The number of rotatable bonds is 3. The normalized spacial score (nSPS) is 15.1. The molecular formula is C21H23N4O2+. The fraction of sp³-hybridized carbons (Fsp3) is 0.286. The average Bonchev–Trinajstić information content (AvgIpc) is 3.19. The summed E-state index contributed by atoms with van der Waals surface area (Å²) in [6.45, 7) is 5.49. The third-order valence-corrected chi connectivity index (χ3v) is 5.03. The highest BCUT2D eigenvalue weighted by Crippen LogP contribution is 2.26. The van der Waals surface area contributed by atoms with Crippen LogP contribution in [0.1, 0.15) is 15.9 Å². The number of aryl methyl sites for hydroxylation is 1. The first-order valence-electron chi connectivity index (χ1n) is 9.22. The van der Waals surface area contributed by atoms with Crippen molar-refractivity contribution < 1.29 is 14.2 Å². The van der Waals surface area contributed by atoms with Crippen molar-refractivity contribution in [2.45, 2.75) is 6.92 Å². The first-order valence-corrected chi connectivity index (χ1v) is 9.22. The van der Waals surface area contributed by atoms with E-state index in [0.717, 1.165) is 31.7 Å². The van der Waals surface area contributed by atoms with Crippen LogP contribution < -0.4 is 4.90 Å². The highest BCUT2D eigenvalue weighted by molar-refractivity contribution is 6.00. The molecule has 1 aromatic heterocycles. The molecule has 4 rings (SSSR count). The fourth-order valence-corrected chi connectivity index (χ4v) is 3.27. The lowest BCUT2D eigenvalue weighted by molar-refractivity contribution is -0.883. The van der Waals surface area contributed by atoms with Gasteiger partial charge < -0.3 is 14.3 Å². The van der Waals surface area contributed by atoms with Crippen molar-refractivity contribution in [2.75, 3.05) is 33.2 Å². The van der Waals surface area contributed by atoms with Crippen LogP contribution in [0.25, 0.3) is 22.8 Å². The minimum atomic E-state index is 0.0215. The Kier molecular flexibility index (Phi) is 4.73. The monoisotopic (exact) mass is 363 g/mol. The summed E-state index contributed by atoms with van der Waals surface area (Å²) in [5, 5.41) is 4.10. The van der Waals surface area contributed by atoms with Crippen molar-refractivity contribution >= 4 is 5.91 Å². The van der Waals surface area contributed by atoms with E-state index in [-0.39, 0.29) is 5.91 Å². The van der Waals surface area contributed by atoms with Gasteiger partial charge in [-0.3, -0.25) is 4.79 Å². The third kappa shape index (κ3) is 3.61. The van der Waals surface area contributed by atoms with Crippen molar-refractivity contribution in [1.82, 2.24) is 15.0 Å². The maximum absolute atomic E-state index is 13.0. The molecule has 0 saturated carbocycles. The third-order valence-electron chi connectivity index (χ3n) is 5.03. The van der Waals surface area contributed by atoms with Gasteiger partial charge >= 0.3 is 0 Å². The number of nitrogens with zero attached hydrogens (tertiary/aromatic N) is 3. The Hall–Kier alpha value is -2.99. The summed E-state index contributed by atoms with van der Waals surface area (Å²) in [5.74, 6) is 0.915. The van der Waals surface area contributed by atoms with E-state index in [0.29, 0.717) is 22.8 Å². The second-order valence-electron chi connectivity index (χ2n) is 7.08. The molecule has 1 saturated heterocycles. The van der Waals surface area contributed by atoms with E-state index in [4.69, 9.17) is 4.52 Å². The summed E-state index contributed by atoms with van der Waals surface area (Å²) in [7, 11) is 2.15. The number of piperazine rings is 1. The van der Waals surface area contributed by atoms with Gasteiger partial charge in [0.05, 0.1) is 44.4 Å². The molecule has 2 aromatic carbocycles. The van der Waals surface area contributed by atoms with Gasteiger partial charge in [0.1, 0.15) is 0 Å². The number of quaternary nitrogens is 1. The van der Waals surface area contributed by atoms with Crippen molar-refractivity contribution in [3.8, 4) is 22.8 Å². The molecule has 6 nitrogen and oxygen atoms in total. The number of carbonyl (C=O) groups excluding carboxylic acids is 1. The van der Waals surface area contributed by atoms with Crippen LogP contribution in [0.15, 0.2) is 53.1 Å². The Balaban J connectivity index is 1.63. The molecule has 138 valence electrons. The number of likely N-dealkylation sites (N-methyl/N-ethyl adjacent to an activating group) is 1. The minimum Gasteiger partial charge on any atom is -0.334 e. The van der Waals surface area contributed by atoms with E-state index < -0.39 is 0 Å². The summed E-state index contributed by atoms with van der Waals surface area (Å²) in [5.41, 5.74) is 3.35. The summed E-state index contributed by atoms with van der Waals surface area (Å²) in [4.78, 5) is 20.9. The first-order chi connectivity index (χ1) is 13.1. The van der Waals surface area contributed by atoms with Crippen LogP contribution in [0.3, 0.4) is 0 Å². The lowest BCUT2D eigenvalue weighted by Gasteiger charge is -2.30. The molecule has 0 atom stereocenters. The standard InChI is InChI=1S/C21H22N4O2/c1-15-7-9-16(10-8-15)19-22-20(27-23-19)17-5-3-4-6-18(17)21(26)25-13-11-24(2)12-14-25/h3-10H,11-14H2,1-2H3/p+1. The van der Waals surface area contributed by atoms with Gasteiger partial charge in [0.2, 0.25) is 5.82 Å². The molecule has 1 N–H and O–H groups in total. The second-order valence-corrected chi connectivity index (χ2v) is 7.08. The SMILES string of the molecule is Cc1ccc(-c2noc(-c3ccccc3C(=O)N3CC[NH+](C)CC3)n2)cc1. The molecule has 2 heterocycles. The Morgan fingerprint density at radius 3 is 2.52 bits per heavy atom. The number of amides is 1. The van der Waals surface area contributed by atoms with Gasteiger partial charge in [0.15, 0.2) is 0 Å². The minimum absolute atomic E-state index is 0.0215. The van der Waals surface area contributed by atoms with Gasteiger partial charge in [0.25, 0.3) is 11.8 Å². The van der Waals surface area contributed by atoms with Crippen LogP contribution in [0.2, 0.25) is 0 Å². The van der Waals surface area contributed by atoms with Gasteiger partial charge in [-0.15, -0.1) is 0 Å². The van der Waals surface area contributed by atoms with Gasteiger partial charge in [-0.1, -0.05) is 47.1 Å². The van der Waals surface area contributed by atoms with E-state index in [1.54, 1.807) is 0 Å². The van der Waals surface area contributed by atoms with Gasteiger partial charge in [0, 0.05) is 5.56 Å². The van der Waals surface area contributed by atoms with Crippen LogP contribution >= 0.6 is 0 Å². The van der Waals surface area contributed by atoms with Gasteiger partial charge in [-0.2, -0.15) is 4.98 Å². The zero-order chi connectivity index (χ0) is 18.8. The molecule has 6 heteroatoms. The van der Waals surface area contributed by atoms with E-state index in [2.05, 4.69) is 17.2 Å². The molecule has 0 radical (unpaired) electrons. The Labute approximate surface area is 158 Å². The molecular weight excluding hydrogens is 340 g/mol. The smallest absolute Gasteiger partial charge is 0.259 e.